The average Bonchev–Trinajstić information content (AvgIpc) is 3.13. The summed E-state index contributed by atoms with van der Waals surface area (Å²) in [6, 6.07) is 8.72. The molecule has 0 aliphatic carbocycles. The number of carbonyl (C=O) groups excluding carboxylic acids is 1. The number of aromatic hydroxyl groups is 1. The molecule has 0 spiro atoms. The Bertz CT molecular complexity index is 1200. The van der Waals surface area contributed by atoms with Gasteiger partial charge in [-0.25, -0.2) is 4.98 Å². The first-order valence-corrected chi connectivity index (χ1v) is 13.5. The molecule has 9 heteroatoms. The Morgan fingerprint density at radius 2 is 1.74 bits per heavy atom. The molecule has 0 saturated heterocycles. The Balaban J connectivity index is 1.54. The molecule has 1 aromatic heterocycles. The van der Waals surface area contributed by atoms with Crippen molar-refractivity contribution in [2.24, 2.45) is 0 Å². The molecule has 188 valence electrons. The molecule has 35 heavy (non-hydrogen) atoms. The van der Waals surface area contributed by atoms with E-state index in [1.165, 1.54) is 29.0 Å². The summed E-state index contributed by atoms with van der Waals surface area (Å²) >= 11 is 2.86. The highest BCUT2D eigenvalue weighted by Gasteiger charge is 2.26. The Labute approximate surface area is 214 Å². The monoisotopic (exact) mass is 515 g/mol. The number of benzene rings is 2. The third kappa shape index (κ3) is 6.95. The molecule has 0 unspecified atom stereocenters. The van der Waals surface area contributed by atoms with E-state index in [2.05, 4.69) is 64.0 Å². The Morgan fingerprint density at radius 3 is 2.31 bits per heavy atom. The minimum Gasteiger partial charge on any atom is -0.507 e. The first kappa shape index (κ1) is 26.9. The number of fused-ring (bicyclic) bond motifs is 1. The summed E-state index contributed by atoms with van der Waals surface area (Å²) < 4.78 is 0.789. The highest BCUT2D eigenvalue weighted by Crippen LogP contribution is 2.40. The molecule has 1 heterocycles. The van der Waals surface area contributed by atoms with Crippen LogP contribution in [-0.2, 0) is 22.0 Å². The SMILES string of the molecule is CC(C)(C)c1cc(CCCSCC(=O)Nc2nc3cc([N+](=O)[O-])ccc3s2)cc(C(C)(C)C)c1O. The maximum atomic E-state index is 12.3. The average molecular weight is 516 g/mol. The summed E-state index contributed by atoms with van der Waals surface area (Å²) in [5.41, 5.74) is 3.31. The maximum absolute atomic E-state index is 12.3. The number of phenols is 1. The van der Waals surface area contributed by atoms with Gasteiger partial charge in [0.2, 0.25) is 5.91 Å². The van der Waals surface area contributed by atoms with Gasteiger partial charge in [0.15, 0.2) is 5.13 Å². The van der Waals surface area contributed by atoms with Crippen LogP contribution < -0.4 is 5.32 Å². The van der Waals surface area contributed by atoms with Gasteiger partial charge in [-0.15, -0.1) is 0 Å². The predicted octanol–water partition coefficient (Wildman–Crippen LogP) is 6.81. The van der Waals surface area contributed by atoms with Crippen LogP contribution in [0.1, 0.15) is 64.7 Å². The molecule has 0 bridgehead atoms. The molecule has 1 amide bonds. The number of anilines is 1. The number of rotatable bonds is 8. The van der Waals surface area contributed by atoms with Crippen LogP contribution in [0.3, 0.4) is 0 Å². The van der Waals surface area contributed by atoms with Gasteiger partial charge in [0.05, 0.1) is 20.9 Å². The molecule has 0 atom stereocenters. The van der Waals surface area contributed by atoms with Crippen LogP contribution in [0.25, 0.3) is 10.2 Å². The van der Waals surface area contributed by atoms with Crippen molar-refractivity contribution in [2.75, 3.05) is 16.8 Å². The molecule has 2 N–H and O–H groups in total. The number of nitro groups is 1. The number of thiazole rings is 1. The molecule has 3 aromatic rings. The van der Waals surface area contributed by atoms with Crippen LogP contribution in [0.2, 0.25) is 0 Å². The first-order valence-electron chi connectivity index (χ1n) is 11.5. The van der Waals surface area contributed by atoms with Crippen LogP contribution in [0.4, 0.5) is 10.8 Å². The Morgan fingerprint density at radius 1 is 1.11 bits per heavy atom. The minimum absolute atomic E-state index is 0.0193. The number of nitrogens with zero attached hydrogens (tertiary/aromatic N) is 2. The number of thioether (sulfide) groups is 1. The van der Waals surface area contributed by atoms with Crippen molar-refractivity contribution in [1.29, 1.82) is 0 Å². The van der Waals surface area contributed by atoms with E-state index in [0.717, 1.165) is 34.4 Å². The molecule has 7 nitrogen and oxygen atoms in total. The smallest absolute Gasteiger partial charge is 0.271 e. The summed E-state index contributed by atoms with van der Waals surface area (Å²) in [6.07, 6.45) is 1.79. The van der Waals surface area contributed by atoms with Gasteiger partial charge in [0, 0.05) is 12.1 Å². The molecule has 0 radical (unpaired) electrons. The van der Waals surface area contributed by atoms with E-state index in [9.17, 15) is 20.0 Å². The van der Waals surface area contributed by atoms with Gasteiger partial charge in [0.25, 0.3) is 5.69 Å². The van der Waals surface area contributed by atoms with Crippen molar-refractivity contribution in [2.45, 2.75) is 65.2 Å². The molecular weight excluding hydrogens is 482 g/mol. The molecule has 0 fully saturated rings. The second kappa shape index (κ2) is 10.5. The number of non-ortho nitro benzene ring substituents is 1. The summed E-state index contributed by atoms with van der Waals surface area (Å²) in [5, 5.41) is 25.0. The van der Waals surface area contributed by atoms with Gasteiger partial charge in [0.1, 0.15) is 5.75 Å². The van der Waals surface area contributed by atoms with E-state index in [4.69, 9.17) is 0 Å². The summed E-state index contributed by atoms with van der Waals surface area (Å²) in [5.74, 6) is 1.39. The van der Waals surface area contributed by atoms with Gasteiger partial charge in [-0.2, -0.15) is 11.8 Å². The fourth-order valence-electron chi connectivity index (χ4n) is 3.76. The number of phenolic OH excluding ortho intramolecular Hbond substituents is 1. The lowest BCUT2D eigenvalue weighted by Gasteiger charge is -2.28. The third-order valence-electron chi connectivity index (χ3n) is 5.60. The Kier molecular flexibility index (Phi) is 8.11. The largest absolute Gasteiger partial charge is 0.507 e. The second-order valence-corrected chi connectivity index (χ2v) is 12.8. The molecule has 3 rings (SSSR count). The molecule has 0 aliphatic heterocycles. The van der Waals surface area contributed by atoms with Crippen molar-refractivity contribution in [3.05, 3.63) is 57.1 Å². The highest BCUT2D eigenvalue weighted by atomic mass is 32.2. The number of amides is 1. The van der Waals surface area contributed by atoms with Crippen molar-refractivity contribution in [3.63, 3.8) is 0 Å². The number of carbonyl (C=O) groups is 1. The number of hydrogen-bond acceptors (Lipinski definition) is 7. The van der Waals surface area contributed by atoms with E-state index in [1.807, 2.05) is 0 Å². The van der Waals surface area contributed by atoms with Crippen LogP contribution >= 0.6 is 23.1 Å². The fourth-order valence-corrected chi connectivity index (χ4v) is 5.38. The summed E-state index contributed by atoms with van der Waals surface area (Å²) in [6.45, 7) is 12.7. The summed E-state index contributed by atoms with van der Waals surface area (Å²) in [4.78, 5) is 27.1. The van der Waals surface area contributed by atoms with E-state index in [-0.39, 0.29) is 22.4 Å². The van der Waals surface area contributed by atoms with Crippen LogP contribution in [0, 0.1) is 10.1 Å². The minimum atomic E-state index is -0.459. The lowest BCUT2D eigenvalue weighted by atomic mass is 9.78. The van der Waals surface area contributed by atoms with Crippen molar-refractivity contribution < 1.29 is 14.8 Å². The lowest BCUT2D eigenvalue weighted by Crippen LogP contribution is -2.18. The number of nitrogens with one attached hydrogen (secondary N) is 1. The number of aromatic nitrogens is 1. The van der Waals surface area contributed by atoms with E-state index < -0.39 is 4.92 Å². The van der Waals surface area contributed by atoms with Crippen molar-refractivity contribution >= 4 is 50.0 Å². The normalized spacial score (nSPS) is 12.2. The Hall–Kier alpha value is -2.65. The number of aryl methyl sites for hydroxylation is 1. The zero-order valence-electron chi connectivity index (χ0n) is 21.1. The highest BCUT2D eigenvalue weighted by molar-refractivity contribution is 7.99. The van der Waals surface area contributed by atoms with Crippen LogP contribution in [-0.4, -0.2) is 32.4 Å². The third-order valence-corrected chi connectivity index (χ3v) is 7.60. The van der Waals surface area contributed by atoms with Crippen molar-refractivity contribution in [3.8, 4) is 5.75 Å². The van der Waals surface area contributed by atoms with Gasteiger partial charge in [-0.05, 0) is 52.2 Å². The zero-order valence-corrected chi connectivity index (χ0v) is 22.7. The molecular formula is C26H33N3O4S2. The fraction of sp³-hybridized carbons (Fsp3) is 0.462. The van der Waals surface area contributed by atoms with Crippen molar-refractivity contribution in [1.82, 2.24) is 4.98 Å². The topological polar surface area (TPSA) is 105 Å². The maximum Gasteiger partial charge on any atom is 0.271 e. The van der Waals surface area contributed by atoms with Gasteiger partial charge >= 0.3 is 0 Å². The van der Waals surface area contributed by atoms with E-state index >= 15 is 0 Å². The van der Waals surface area contributed by atoms with Crippen LogP contribution in [0.5, 0.6) is 5.75 Å². The summed E-state index contributed by atoms with van der Waals surface area (Å²) in [7, 11) is 0. The number of nitro benzene ring substituents is 1. The standard InChI is InChI=1S/C26H33N3O4S2/c1-25(2,3)18-12-16(13-19(23(18)31)26(4,5)6)8-7-11-34-15-22(30)28-24-27-20-14-17(29(32)33)9-10-21(20)35-24/h9-10,12-14,31H,7-8,11,15H2,1-6H3,(H,27,28,30). The molecule has 2 aromatic carbocycles. The van der Waals surface area contributed by atoms with E-state index in [1.54, 1.807) is 17.8 Å². The van der Waals surface area contributed by atoms with Gasteiger partial charge < -0.3 is 10.4 Å². The zero-order chi connectivity index (χ0) is 26.0. The molecule has 0 aliphatic rings. The van der Waals surface area contributed by atoms with E-state index in [0.29, 0.717) is 22.2 Å². The first-order chi connectivity index (χ1) is 16.3. The quantitative estimate of drug-likeness (QED) is 0.194. The van der Waals surface area contributed by atoms with Crippen LogP contribution in [0.15, 0.2) is 30.3 Å². The van der Waals surface area contributed by atoms with Gasteiger partial charge in [-0.1, -0.05) is 65.0 Å². The second-order valence-electron chi connectivity index (χ2n) is 10.7. The van der Waals surface area contributed by atoms with Gasteiger partial charge in [-0.3, -0.25) is 14.9 Å². The molecule has 0 saturated carbocycles. The lowest BCUT2D eigenvalue weighted by molar-refractivity contribution is -0.384. The number of hydrogen-bond donors (Lipinski definition) is 2. The predicted molar refractivity (Wildman–Crippen MR) is 146 cm³/mol.